The Morgan fingerprint density at radius 1 is 0.781 bits per heavy atom. The van der Waals surface area contributed by atoms with Gasteiger partial charge in [-0.3, -0.25) is 9.78 Å². The minimum atomic E-state index is -0.0270. The van der Waals surface area contributed by atoms with Crippen LogP contribution in [-0.4, -0.2) is 10.8 Å². The monoisotopic (exact) mass is 457 g/mol. The molecule has 0 bridgehead atoms. The van der Waals surface area contributed by atoms with Crippen LogP contribution in [0.4, 0.5) is 0 Å². The van der Waals surface area contributed by atoms with Crippen molar-refractivity contribution in [3.8, 4) is 11.1 Å². The summed E-state index contributed by atoms with van der Waals surface area (Å²) in [4.78, 5) is 17.7. The zero-order chi connectivity index (χ0) is 21.5. The van der Waals surface area contributed by atoms with Crippen molar-refractivity contribution in [2.24, 2.45) is 0 Å². The summed E-state index contributed by atoms with van der Waals surface area (Å²) in [7, 11) is 0. The van der Waals surface area contributed by atoms with E-state index in [1.54, 1.807) is 6.08 Å². The van der Waals surface area contributed by atoms with Crippen molar-refractivity contribution < 1.29 is 21.9 Å². The fraction of sp³-hybridized carbons (Fsp3) is 0.0345. The van der Waals surface area contributed by atoms with Crippen LogP contribution in [0.5, 0.6) is 0 Å². The van der Waals surface area contributed by atoms with Crippen molar-refractivity contribution >= 4 is 16.7 Å². The maximum absolute atomic E-state index is 13.1. The molecule has 10 radical (unpaired) electrons. The summed E-state index contributed by atoms with van der Waals surface area (Å²) in [6, 6.07) is 18.0. The van der Waals surface area contributed by atoms with Gasteiger partial charge in [0.15, 0.2) is 5.78 Å². The molecule has 0 amide bonds. The number of para-hydroxylation sites is 1. The van der Waals surface area contributed by atoms with Crippen LogP contribution in [0.1, 0.15) is 16.1 Å². The minimum Gasteiger partial charge on any atom is -0.289 e. The van der Waals surface area contributed by atoms with Crippen LogP contribution in [0.2, 0.25) is 0 Å². The Balaban J connectivity index is 0.000000427. The fourth-order valence-corrected chi connectivity index (χ4v) is 3.62. The van der Waals surface area contributed by atoms with E-state index < -0.39 is 0 Å². The van der Waals surface area contributed by atoms with Crippen LogP contribution in [0.3, 0.4) is 0 Å². The average Bonchev–Trinajstić information content (AvgIpc) is 3.54. The molecular formula is C29H23FeNO+2. The van der Waals surface area contributed by atoms with Gasteiger partial charge in [0.2, 0.25) is 0 Å². The molecule has 1 heterocycles. The summed E-state index contributed by atoms with van der Waals surface area (Å²) >= 11 is 0. The Bertz CT molecular complexity index is 1040. The maximum atomic E-state index is 13.1. The number of aromatic nitrogens is 1. The van der Waals surface area contributed by atoms with Gasteiger partial charge in [0.25, 0.3) is 0 Å². The number of hydrogen-bond acceptors (Lipinski definition) is 2. The van der Waals surface area contributed by atoms with Crippen LogP contribution in [0, 0.1) is 70.6 Å². The number of nitrogens with zero attached hydrogens (tertiary/aromatic N) is 1. The Morgan fingerprint density at radius 2 is 1.38 bits per heavy atom. The van der Waals surface area contributed by atoms with E-state index in [4.69, 9.17) is 0 Å². The molecule has 32 heavy (non-hydrogen) atoms. The van der Waals surface area contributed by atoms with E-state index in [9.17, 15) is 4.79 Å². The molecule has 3 heteroatoms. The number of aryl methyl sites for hydroxylation is 1. The molecule has 2 fully saturated rings. The second-order valence-corrected chi connectivity index (χ2v) is 7.21. The third kappa shape index (κ3) is 5.97. The van der Waals surface area contributed by atoms with Crippen LogP contribution in [0.15, 0.2) is 66.7 Å². The molecule has 1 aromatic heterocycles. The quantitative estimate of drug-likeness (QED) is 0.259. The zero-order valence-electron chi connectivity index (χ0n) is 17.8. The van der Waals surface area contributed by atoms with Crippen LogP contribution < -0.4 is 0 Å². The van der Waals surface area contributed by atoms with Crippen molar-refractivity contribution in [2.45, 2.75) is 6.92 Å². The molecular weight excluding hydrogens is 434 g/mol. The van der Waals surface area contributed by atoms with Gasteiger partial charge in [-0.15, -0.1) is 0 Å². The predicted octanol–water partition coefficient (Wildman–Crippen LogP) is 6.37. The van der Waals surface area contributed by atoms with Gasteiger partial charge in [-0.2, -0.15) is 0 Å². The first kappa shape index (κ1) is 24.4. The number of allylic oxidation sites excluding steroid dienone is 2. The zero-order valence-corrected chi connectivity index (χ0v) is 18.9. The molecule has 2 aliphatic rings. The molecule has 0 spiro atoms. The molecule has 5 rings (SSSR count). The Kier molecular flexibility index (Phi) is 9.26. The summed E-state index contributed by atoms with van der Waals surface area (Å²) in [6.45, 7) is 1.91. The number of carbonyl (C=O) groups excluding carboxylic acids is 1. The molecule has 0 saturated heterocycles. The first-order valence-electron chi connectivity index (χ1n) is 10.3. The topological polar surface area (TPSA) is 30.0 Å². The standard InChI is InChI=1S/C24H18NO.C5H5.Fe/c1-17-23(22(26)16-15-18-9-5-6-10-18)24(19-11-3-2-4-12-19)20-13-7-8-14-21(20)25-17;1-2-4-5-3-1;/h2-16H,1H3;1-5H;/q;;+2/b16-15+;;. The van der Waals surface area contributed by atoms with Crippen LogP contribution >= 0.6 is 0 Å². The minimum absolute atomic E-state index is 0. The van der Waals surface area contributed by atoms with Crippen molar-refractivity contribution in [1.82, 2.24) is 4.98 Å². The van der Waals surface area contributed by atoms with Gasteiger partial charge >= 0.3 is 17.1 Å². The summed E-state index contributed by atoms with van der Waals surface area (Å²) in [5, 5.41) is 0.995. The van der Waals surface area contributed by atoms with E-state index in [1.165, 1.54) is 0 Å². The van der Waals surface area contributed by atoms with E-state index in [0.29, 0.717) is 5.56 Å². The van der Waals surface area contributed by atoms with E-state index in [0.717, 1.165) is 33.6 Å². The van der Waals surface area contributed by atoms with E-state index in [1.807, 2.05) is 125 Å². The molecule has 2 saturated carbocycles. The Labute approximate surface area is 203 Å². The maximum Gasteiger partial charge on any atom is 2.00 e. The first-order chi connectivity index (χ1) is 15.2. The van der Waals surface area contributed by atoms with Crippen molar-refractivity contribution in [3.63, 3.8) is 0 Å². The second-order valence-electron chi connectivity index (χ2n) is 7.21. The second kappa shape index (κ2) is 12.1. The van der Waals surface area contributed by atoms with Gasteiger partial charge < -0.3 is 0 Å². The van der Waals surface area contributed by atoms with Gasteiger partial charge in [0.05, 0.1) is 11.1 Å². The molecule has 0 N–H and O–H groups in total. The number of ketones is 1. The summed E-state index contributed by atoms with van der Waals surface area (Å²) in [6.07, 6.45) is 21.4. The predicted molar refractivity (Wildman–Crippen MR) is 127 cm³/mol. The number of rotatable bonds is 4. The Hall–Kier alpha value is -2.22. The number of benzene rings is 2. The SMILES string of the molecule is Cc1nc2ccccc2c(-c2ccccc2)c1C(=O)/C=C/[C]1[CH][CH][CH][CH]1.[CH]1[CH][CH][CH][CH]1.[Fe+2]. The number of carbonyl (C=O) groups is 1. The third-order valence-corrected chi connectivity index (χ3v) is 5.05. The summed E-state index contributed by atoms with van der Waals surface area (Å²) in [5.41, 5.74) is 4.29. The first-order valence-corrected chi connectivity index (χ1v) is 10.3. The third-order valence-electron chi connectivity index (χ3n) is 5.05. The van der Waals surface area contributed by atoms with E-state index >= 15 is 0 Å². The molecule has 2 aromatic carbocycles. The normalized spacial score (nSPS) is 16.0. The molecule has 0 unspecified atom stereocenters. The largest absolute Gasteiger partial charge is 2.00 e. The molecule has 2 nitrogen and oxygen atoms in total. The van der Waals surface area contributed by atoms with E-state index in [2.05, 4.69) is 4.98 Å². The average molecular weight is 457 g/mol. The van der Waals surface area contributed by atoms with Gasteiger partial charge in [0.1, 0.15) is 0 Å². The number of fused-ring (bicyclic) bond motifs is 1. The van der Waals surface area contributed by atoms with Gasteiger partial charge in [0, 0.05) is 22.6 Å². The smallest absolute Gasteiger partial charge is 0.289 e. The fourth-order valence-electron chi connectivity index (χ4n) is 3.62. The summed E-state index contributed by atoms with van der Waals surface area (Å²) < 4.78 is 0. The molecule has 0 atom stereocenters. The van der Waals surface area contributed by atoms with Crippen molar-refractivity contribution in [2.75, 3.05) is 0 Å². The van der Waals surface area contributed by atoms with E-state index in [-0.39, 0.29) is 22.9 Å². The molecule has 156 valence electrons. The van der Waals surface area contributed by atoms with Gasteiger partial charge in [-0.05, 0) is 82.4 Å². The summed E-state index contributed by atoms with van der Waals surface area (Å²) in [5.74, 6) is 0.992. The molecule has 3 aromatic rings. The molecule has 2 aliphatic carbocycles. The van der Waals surface area contributed by atoms with Gasteiger partial charge in [-0.25, -0.2) is 0 Å². The number of hydrogen-bond donors (Lipinski definition) is 0. The van der Waals surface area contributed by atoms with Crippen molar-refractivity contribution in [1.29, 1.82) is 0 Å². The van der Waals surface area contributed by atoms with Crippen LogP contribution in [-0.2, 0) is 17.1 Å². The number of pyridine rings is 1. The Morgan fingerprint density at radius 3 is 2.03 bits per heavy atom. The molecule has 0 aliphatic heterocycles. The van der Waals surface area contributed by atoms with Crippen molar-refractivity contribution in [3.05, 3.63) is 142 Å². The van der Waals surface area contributed by atoms with Gasteiger partial charge in [-0.1, -0.05) is 54.6 Å². The van der Waals surface area contributed by atoms with Crippen LogP contribution in [0.25, 0.3) is 22.0 Å².